The summed E-state index contributed by atoms with van der Waals surface area (Å²) in [6.45, 7) is 1.50. The second-order valence-electron chi connectivity index (χ2n) is 4.97. The molecule has 0 fully saturated rings. The average Bonchev–Trinajstić information content (AvgIpc) is 2.62. The molecule has 0 aliphatic carbocycles. The lowest BCUT2D eigenvalue weighted by atomic mass is 10.2. The smallest absolute Gasteiger partial charge is 0.339 e. The van der Waals surface area contributed by atoms with Crippen LogP contribution in [0.25, 0.3) is 0 Å². The summed E-state index contributed by atoms with van der Waals surface area (Å²) < 4.78 is 15.4. The van der Waals surface area contributed by atoms with Crippen LogP contribution in [0.1, 0.15) is 17.3 Å². The van der Waals surface area contributed by atoms with Gasteiger partial charge in [0.25, 0.3) is 5.91 Å². The Morgan fingerprint density at radius 1 is 1.00 bits per heavy atom. The number of hydrogen-bond acceptors (Lipinski definition) is 5. The van der Waals surface area contributed by atoms with Crippen LogP contribution in [0, 0.1) is 0 Å². The molecular weight excluding hydrogens is 310 g/mol. The van der Waals surface area contributed by atoms with Crippen molar-refractivity contribution in [2.45, 2.75) is 13.0 Å². The fourth-order valence-corrected chi connectivity index (χ4v) is 2.01. The molecule has 2 aromatic rings. The number of methoxy groups -OCH3 is 2. The van der Waals surface area contributed by atoms with E-state index < -0.39 is 18.0 Å². The third-order valence-corrected chi connectivity index (χ3v) is 3.32. The molecule has 1 amide bonds. The number of amides is 1. The molecule has 0 heterocycles. The van der Waals surface area contributed by atoms with Crippen LogP contribution >= 0.6 is 0 Å². The Kier molecular flexibility index (Phi) is 5.78. The van der Waals surface area contributed by atoms with Gasteiger partial charge in [-0.2, -0.15) is 0 Å². The monoisotopic (exact) mass is 329 g/mol. The van der Waals surface area contributed by atoms with Crippen molar-refractivity contribution < 1.29 is 23.8 Å². The van der Waals surface area contributed by atoms with E-state index in [4.69, 9.17) is 14.2 Å². The summed E-state index contributed by atoms with van der Waals surface area (Å²) in [6, 6.07) is 13.5. The lowest BCUT2D eigenvalue weighted by molar-refractivity contribution is -0.123. The highest BCUT2D eigenvalue weighted by molar-refractivity contribution is 5.98. The predicted molar refractivity (Wildman–Crippen MR) is 89.5 cm³/mol. The maximum atomic E-state index is 12.2. The minimum absolute atomic E-state index is 0.311. The standard InChI is InChI=1S/C18H19NO5/c1-12(17(20)19-15-9-4-5-10-16(15)23-3)24-18(21)13-7-6-8-14(11-13)22-2/h4-12H,1-3H3,(H,19,20). The van der Waals surface area contributed by atoms with Crippen molar-refractivity contribution in [3.63, 3.8) is 0 Å². The topological polar surface area (TPSA) is 73.9 Å². The van der Waals surface area contributed by atoms with Crippen LogP contribution in [0.5, 0.6) is 11.5 Å². The third-order valence-electron chi connectivity index (χ3n) is 3.32. The molecule has 0 saturated carbocycles. The van der Waals surface area contributed by atoms with Crippen LogP contribution in [0.2, 0.25) is 0 Å². The summed E-state index contributed by atoms with van der Waals surface area (Å²) in [4.78, 5) is 24.3. The molecule has 24 heavy (non-hydrogen) atoms. The molecule has 2 aromatic carbocycles. The van der Waals surface area contributed by atoms with Crippen LogP contribution in [0.4, 0.5) is 5.69 Å². The van der Waals surface area contributed by atoms with Crippen molar-refractivity contribution in [3.8, 4) is 11.5 Å². The van der Waals surface area contributed by atoms with Crippen molar-refractivity contribution in [1.29, 1.82) is 0 Å². The molecule has 0 bridgehead atoms. The number of para-hydroxylation sites is 2. The Hall–Kier alpha value is -3.02. The average molecular weight is 329 g/mol. The van der Waals surface area contributed by atoms with Crippen LogP contribution in [0.15, 0.2) is 48.5 Å². The number of anilines is 1. The Morgan fingerprint density at radius 2 is 1.75 bits per heavy atom. The number of ether oxygens (including phenoxy) is 3. The van der Waals surface area contributed by atoms with E-state index in [1.54, 1.807) is 48.5 Å². The molecular formula is C18H19NO5. The molecule has 0 saturated heterocycles. The van der Waals surface area contributed by atoms with Gasteiger partial charge < -0.3 is 19.5 Å². The second-order valence-corrected chi connectivity index (χ2v) is 4.97. The lowest BCUT2D eigenvalue weighted by Crippen LogP contribution is -2.30. The highest BCUT2D eigenvalue weighted by Crippen LogP contribution is 2.23. The number of carbonyl (C=O) groups excluding carboxylic acids is 2. The number of esters is 1. The van der Waals surface area contributed by atoms with Gasteiger partial charge in [0.05, 0.1) is 25.5 Å². The molecule has 2 rings (SSSR count). The molecule has 0 radical (unpaired) electrons. The van der Waals surface area contributed by atoms with E-state index in [9.17, 15) is 9.59 Å². The zero-order valence-corrected chi connectivity index (χ0v) is 13.7. The summed E-state index contributed by atoms with van der Waals surface area (Å²) in [6.07, 6.45) is -0.964. The van der Waals surface area contributed by atoms with Gasteiger partial charge in [-0.05, 0) is 37.3 Å². The fourth-order valence-electron chi connectivity index (χ4n) is 2.01. The van der Waals surface area contributed by atoms with Crippen LogP contribution < -0.4 is 14.8 Å². The molecule has 1 unspecified atom stereocenters. The van der Waals surface area contributed by atoms with Gasteiger partial charge >= 0.3 is 5.97 Å². The Bertz CT molecular complexity index is 729. The minimum Gasteiger partial charge on any atom is -0.497 e. The SMILES string of the molecule is COc1cccc(C(=O)OC(C)C(=O)Nc2ccccc2OC)c1. The van der Waals surface area contributed by atoms with Crippen LogP contribution in [-0.2, 0) is 9.53 Å². The van der Waals surface area contributed by atoms with Crippen molar-refractivity contribution in [1.82, 2.24) is 0 Å². The number of nitrogens with one attached hydrogen (secondary N) is 1. The van der Waals surface area contributed by atoms with Crippen LogP contribution in [0.3, 0.4) is 0 Å². The third kappa shape index (κ3) is 4.25. The van der Waals surface area contributed by atoms with Crippen molar-refractivity contribution in [3.05, 3.63) is 54.1 Å². The van der Waals surface area contributed by atoms with Gasteiger partial charge in [-0.15, -0.1) is 0 Å². The molecule has 0 aliphatic heterocycles. The first-order chi connectivity index (χ1) is 11.5. The van der Waals surface area contributed by atoms with E-state index in [-0.39, 0.29) is 0 Å². The fraction of sp³-hybridized carbons (Fsp3) is 0.222. The zero-order valence-electron chi connectivity index (χ0n) is 13.7. The largest absolute Gasteiger partial charge is 0.497 e. The normalized spacial score (nSPS) is 11.3. The van der Waals surface area contributed by atoms with Gasteiger partial charge in [0.1, 0.15) is 11.5 Å². The molecule has 0 aromatic heterocycles. The first kappa shape index (κ1) is 17.3. The molecule has 6 heteroatoms. The van der Waals surface area contributed by atoms with Gasteiger partial charge in [-0.25, -0.2) is 4.79 Å². The summed E-state index contributed by atoms with van der Waals surface area (Å²) >= 11 is 0. The Morgan fingerprint density at radius 3 is 2.46 bits per heavy atom. The van der Waals surface area contributed by atoms with E-state index in [0.29, 0.717) is 22.7 Å². The number of hydrogen-bond donors (Lipinski definition) is 1. The second kappa shape index (κ2) is 8.01. The maximum Gasteiger partial charge on any atom is 0.339 e. The van der Waals surface area contributed by atoms with E-state index >= 15 is 0 Å². The van der Waals surface area contributed by atoms with Gasteiger partial charge in [-0.1, -0.05) is 18.2 Å². The maximum absolute atomic E-state index is 12.2. The van der Waals surface area contributed by atoms with Gasteiger partial charge in [-0.3, -0.25) is 4.79 Å². The van der Waals surface area contributed by atoms with E-state index in [0.717, 1.165) is 0 Å². The summed E-state index contributed by atoms with van der Waals surface area (Å²) in [5.41, 5.74) is 0.820. The first-order valence-electron chi connectivity index (χ1n) is 7.34. The predicted octanol–water partition coefficient (Wildman–Crippen LogP) is 2.89. The molecule has 0 spiro atoms. The molecule has 126 valence electrons. The highest BCUT2D eigenvalue weighted by Gasteiger charge is 2.20. The first-order valence-corrected chi connectivity index (χ1v) is 7.34. The number of rotatable bonds is 6. The lowest BCUT2D eigenvalue weighted by Gasteiger charge is -2.15. The molecule has 1 N–H and O–H groups in total. The van der Waals surface area contributed by atoms with Gasteiger partial charge in [0.15, 0.2) is 6.10 Å². The minimum atomic E-state index is -0.964. The van der Waals surface area contributed by atoms with E-state index in [1.165, 1.54) is 21.1 Å². The summed E-state index contributed by atoms with van der Waals surface area (Å²) in [5.74, 6) is 0.0140. The molecule has 6 nitrogen and oxygen atoms in total. The van der Waals surface area contributed by atoms with Crippen LogP contribution in [-0.4, -0.2) is 32.2 Å². The zero-order chi connectivity index (χ0) is 17.5. The summed E-state index contributed by atoms with van der Waals surface area (Å²) in [7, 11) is 3.02. The highest BCUT2D eigenvalue weighted by atomic mass is 16.5. The quantitative estimate of drug-likeness (QED) is 0.825. The van der Waals surface area contributed by atoms with Gasteiger partial charge in [0.2, 0.25) is 0 Å². The Labute approximate surface area is 140 Å². The van der Waals surface area contributed by atoms with Crippen molar-refractivity contribution in [2.75, 3.05) is 19.5 Å². The van der Waals surface area contributed by atoms with Crippen molar-refractivity contribution in [2.24, 2.45) is 0 Å². The summed E-state index contributed by atoms with van der Waals surface area (Å²) in [5, 5.41) is 2.67. The molecule has 0 aliphatic rings. The van der Waals surface area contributed by atoms with E-state index in [1.807, 2.05) is 0 Å². The number of benzene rings is 2. The van der Waals surface area contributed by atoms with E-state index in [2.05, 4.69) is 5.32 Å². The van der Waals surface area contributed by atoms with Gasteiger partial charge in [0, 0.05) is 0 Å². The Balaban J connectivity index is 2.01. The molecule has 1 atom stereocenters. The van der Waals surface area contributed by atoms with Crippen molar-refractivity contribution >= 4 is 17.6 Å². The number of carbonyl (C=O) groups is 2.